The summed E-state index contributed by atoms with van der Waals surface area (Å²) in [4.78, 5) is 20.2. The molecule has 3 aromatic rings. The lowest BCUT2D eigenvalue weighted by molar-refractivity contribution is -0.143. The molecule has 3 aromatic heterocycles. The molecule has 0 radical (unpaired) electrons. The van der Waals surface area contributed by atoms with E-state index >= 15 is 0 Å². The topological polar surface area (TPSA) is 129 Å². The van der Waals surface area contributed by atoms with E-state index < -0.39 is 11.9 Å². The molecule has 1 N–H and O–H groups in total. The normalized spacial score (nSPS) is 18.5. The molecule has 0 spiro atoms. The van der Waals surface area contributed by atoms with Crippen LogP contribution in [0.1, 0.15) is 62.1 Å². The molecule has 10 nitrogen and oxygen atoms in total. The van der Waals surface area contributed by atoms with Gasteiger partial charge >= 0.3 is 5.97 Å². The van der Waals surface area contributed by atoms with E-state index in [-0.39, 0.29) is 37.2 Å². The molecule has 4 rings (SSSR count). The molecule has 3 heterocycles. The van der Waals surface area contributed by atoms with Crippen LogP contribution in [0.25, 0.3) is 11.4 Å². The predicted octanol–water partition coefficient (Wildman–Crippen LogP) is 3.77. The van der Waals surface area contributed by atoms with Crippen molar-refractivity contribution < 1.29 is 27.9 Å². The van der Waals surface area contributed by atoms with Gasteiger partial charge < -0.3 is 14.4 Å². The summed E-state index contributed by atoms with van der Waals surface area (Å²) in [6.07, 6.45) is 2.47. The number of halogens is 2. The predicted molar refractivity (Wildman–Crippen MR) is 119 cm³/mol. The third-order valence-electron chi connectivity index (χ3n) is 6.11. The number of alkyl halides is 2. The largest absolute Gasteiger partial charge is 0.489 e. The molecule has 35 heavy (non-hydrogen) atoms. The second-order valence-corrected chi connectivity index (χ2v) is 9.08. The number of pyridine rings is 1. The van der Waals surface area contributed by atoms with Gasteiger partial charge in [0.25, 0.3) is 0 Å². The molecule has 1 aliphatic carbocycles. The Morgan fingerprint density at radius 1 is 1.31 bits per heavy atom. The van der Waals surface area contributed by atoms with Gasteiger partial charge in [0.2, 0.25) is 11.8 Å². The molecular weight excluding hydrogens is 462 g/mol. The zero-order valence-electron chi connectivity index (χ0n) is 19.9. The number of hydrogen-bond acceptors (Lipinski definition) is 8. The number of hydrogen-bond donors (Lipinski definition) is 1. The average molecular weight is 491 g/mol. The van der Waals surface area contributed by atoms with Crippen molar-refractivity contribution in [2.24, 2.45) is 13.0 Å². The highest BCUT2D eigenvalue weighted by atomic mass is 19.3. The summed E-state index contributed by atoms with van der Waals surface area (Å²) in [7, 11) is 1.73. The maximum absolute atomic E-state index is 13.1. The second kappa shape index (κ2) is 10.0. The molecule has 188 valence electrons. The van der Waals surface area contributed by atoms with Crippen molar-refractivity contribution >= 4 is 5.97 Å². The van der Waals surface area contributed by atoms with Crippen LogP contribution >= 0.6 is 0 Å². The summed E-state index contributed by atoms with van der Waals surface area (Å²) in [5.41, 5.74) is 2.46. The smallest absolute Gasteiger partial charge is 0.306 e. The Hall–Kier alpha value is -3.44. The number of carboxylic acids is 1. The molecule has 0 unspecified atom stereocenters. The van der Waals surface area contributed by atoms with Crippen LogP contribution in [-0.2, 0) is 24.7 Å². The molecule has 0 aliphatic heterocycles. The lowest BCUT2D eigenvalue weighted by Crippen LogP contribution is -2.29. The van der Waals surface area contributed by atoms with Gasteiger partial charge in [-0.05, 0) is 51.7 Å². The Labute approximate surface area is 200 Å². The first-order valence-electron chi connectivity index (χ1n) is 11.5. The first-order chi connectivity index (χ1) is 16.6. The van der Waals surface area contributed by atoms with Crippen molar-refractivity contribution in [1.82, 2.24) is 30.1 Å². The Bertz CT molecular complexity index is 1190. The van der Waals surface area contributed by atoms with Gasteiger partial charge in [0.15, 0.2) is 5.82 Å². The zero-order chi connectivity index (χ0) is 25.2. The maximum atomic E-state index is 13.1. The standard InChI is InChI=1S/C23H28F2N6O4/c1-13-18(34-15-6-4-5-14(11-15)22(32)33)8-7-16(26-13)21-17(31(3)30-28-21)12-19-27-20(35-29-19)9-10-23(2,24)25/h7-8,14-15H,4-6,9-12H2,1-3H3,(H,32,33)/t14-,15-/m0/s1. The van der Waals surface area contributed by atoms with E-state index in [1.165, 1.54) is 0 Å². The summed E-state index contributed by atoms with van der Waals surface area (Å²) in [6, 6.07) is 3.58. The highest BCUT2D eigenvalue weighted by Crippen LogP contribution is 2.31. The molecule has 0 bridgehead atoms. The van der Waals surface area contributed by atoms with Gasteiger partial charge in [-0.1, -0.05) is 10.4 Å². The average Bonchev–Trinajstić information content (AvgIpc) is 3.40. The number of ether oxygens (including phenoxy) is 1. The SMILES string of the molecule is Cc1nc(-c2nnn(C)c2Cc2noc(CCC(C)(F)F)n2)ccc1O[C@H]1CCC[C@H](C(=O)O)C1. The van der Waals surface area contributed by atoms with Crippen LogP contribution in [0, 0.1) is 12.8 Å². The molecule has 0 saturated heterocycles. The third-order valence-corrected chi connectivity index (χ3v) is 6.11. The highest BCUT2D eigenvalue weighted by Gasteiger charge is 2.29. The molecule has 0 amide bonds. The number of carbonyl (C=O) groups is 1. The molecule has 1 saturated carbocycles. The Morgan fingerprint density at radius 3 is 2.83 bits per heavy atom. The number of carboxylic acid groups (broad SMARTS) is 1. The number of rotatable bonds is 9. The first kappa shape index (κ1) is 24.7. The number of nitrogens with zero attached hydrogens (tertiary/aromatic N) is 6. The van der Waals surface area contributed by atoms with Crippen LogP contribution in [-0.4, -0.2) is 53.2 Å². The van der Waals surface area contributed by atoms with E-state index in [0.29, 0.717) is 47.2 Å². The minimum atomic E-state index is -2.80. The quantitative estimate of drug-likeness (QED) is 0.476. The Balaban J connectivity index is 1.47. The van der Waals surface area contributed by atoms with Crippen LogP contribution in [0.5, 0.6) is 5.75 Å². The van der Waals surface area contributed by atoms with E-state index in [4.69, 9.17) is 9.26 Å². The summed E-state index contributed by atoms with van der Waals surface area (Å²) < 4.78 is 39.0. The van der Waals surface area contributed by atoms with Gasteiger partial charge in [0.1, 0.15) is 11.4 Å². The van der Waals surface area contributed by atoms with Gasteiger partial charge in [0, 0.05) is 19.9 Å². The van der Waals surface area contributed by atoms with Crippen LogP contribution in [0.15, 0.2) is 16.7 Å². The van der Waals surface area contributed by atoms with Crippen LogP contribution in [0.2, 0.25) is 0 Å². The third kappa shape index (κ3) is 6.17. The van der Waals surface area contributed by atoms with Crippen LogP contribution in [0.4, 0.5) is 8.78 Å². The van der Waals surface area contributed by atoms with E-state index in [0.717, 1.165) is 19.8 Å². The van der Waals surface area contributed by atoms with Crippen molar-refractivity contribution in [3.8, 4) is 17.1 Å². The van der Waals surface area contributed by atoms with Gasteiger partial charge in [-0.25, -0.2) is 13.8 Å². The molecule has 2 atom stereocenters. The molecule has 0 aromatic carbocycles. The minimum absolute atomic E-state index is 0.0105. The lowest BCUT2D eigenvalue weighted by atomic mass is 9.87. The second-order valence-electron chi connectivity index (χ2n) is 9.08. The number of aliphatic carboxylic acids is 1. The van der Waals surface area contributed by atoms with E-state index in [2.05, 4.69) is 25.4 Å². The Morgan fingerprint density at radius 2 is 2.11 bits per heavy atom. The van der Waals surface area contributed by atoms with Gasteiger partial charge in [-0.3, -0.25) is 9.48 Å². The van der Waals surface area contributed by atoms with Crippen molar-refractivity contribution in [3.63, 3.8) is 0 Å². The fourth-order valence-electron chi connectivity index (χ4n) is 4.17. The Kier molecular flexibility index (Phi) is 7.08. The van der Waals surface area contributed by atoms with Crippen molar-refractivity contribution in [3.05, 3.63) is 35.2 Å². The van der Waals surface area contributed by atoms with Gasteiger partial charge in [0.05, 0.1) is 35.5 Å². The zero-order valence-corrected chi connectivity index (χ0v) is 19.9. The summed E-state index contributed by atoms with van der Waals surface area (Å²) in [5, 5.41) is 21.5. The first-order valence-corrected chi connectivity index (χ1v) is 11.5. The van der Waals surface area contributed by atoms with Crippen molar-refractivity contribution in [2.45, 2.75) is 70.8 Å². The van der Waals surface area contributed by atoms with E-state index in [9.17, 15) is 18.7 Å². The highest BCUT2D eigenvalue weighted by molar-refractivity contribution is 5.70. The maximum Gasteiger partial charge on any atom is 0.306 e. The van der Waals surface area contributed by atoms with Gasteiger partial charge in [-0.2, -0.15) is 4.98 Å². The monoisotopic (exact) mass is 490 g/mol. The van der Waals surface area contributed by atoms with Gasteiger partial charge in [-0.15, -0.1) is 5.10 Å². The molecule has 1 fully saturated rings. The van der Waals surface area contributed by atoms with Crippen molar-refractivity contribution in [2.75, 3.05) is 0 Å². The number of aromatic nitrogens is 6. The summed E-state index contributed by atoms with van der Waals surface area (Å²) >= 11 is 0. The lowest BCUT2D eigenvalue weighted by Gasteiger charge is -2.27. The van der Waals surface area contributed by atoms with E-state index in [1.807, 2.05) is 6.92 Å². The van der Waals surface area contributed by atoms with Crippen LogP contribution in [0.3, 0.4) is 0 Å². The fourth-order valence-corrected chi connectivity index (χ4v) is 4.17. The number of aryl methyl sites for hydroxylation is 3. The molecule has 1 aliphatic rings. The summed E-state index contributed by atoms with van der Waals surface area (Å²) in [5.74, 6) is -2.87. The minimum Gasteiger partial charge on any atom is -0.489 e. The molecule has 12 heteroatoms. The molecular formula is C23H28F2N6O4. The van der Waals surface area contributed by atoms with Crippen molar-refractivity contribution in [1.29, 1.82) is 0 Å². The van der Waals surface area contributed by atoms with Crippen LogP contribution < -0.4 is 4.74 Å². The fraction of sp³-hybridized carbons (Fsp3) is 0.565. The van der Waals surface area contributed by atoms with E-state index in [1.54, 1.807) is 23.9 Å². The summed E-state index contributed by atoms with van der Waals surface area (Å²) in [6.45, 7) is 2.67.